The maximum atomic E-state index is 10.9. The van der Waals surface area contributed by atoms with Gasteiger partial charge in [0.05, 0.1) is 12.2 Å². The van der Waals surface area contributed by atoms with Gasteiger partial charge in [0.25, 0.3) is 0 Å². The highest BCUT2D eigenvalue weighted by Crippen LogP contribution is 2.15. The van der Waals surface area contributed by atoms with Gasteiger partial charge in [0.2, 0.25) is 10.0 Å². The molecule has 1 rings (SSSR count). The van der Waals surface area contributed by atoms with Gasteiger partial charge in [0, 0.05) is 6.54 Å². The third-order valence-corrected chi connectivity index (χ3v) is 3.06. The van der Waals surface area contributed by atoms with Crippen molar-refractivity contribution in [1.29, 1.82) is 0 Å². The molecule has 0 aliphatic heterocycles. The van der Waals surface area contributed by atoms with Crippen molar-refractivity contribution in [3.8, 4) is 0 Å². The molecule has 0 spiro atoms. The zero-order valence-electron chi connectivity index (χ0n) is 9.67. The van der Waals surface area contributed by atoms with Crippen molar-refractivity contribution in [3.63, 3.8) is 0 Å². The van der Waals surface area contributed by atoms with Crippen LogP contribution in [0.15, 0.2) is 24.3 Å². The molecular weight excluding hydrogens is 242 g/mol. The summed E-state index contributed by atoms with van der Waals surface area (Å²) in [4.78, 5) is 10.8. The van der Waals surface area contributed by atoms with E-state index in [0.717, 1.165) is 11.8 Å². The number of aliphatic carboxylic acids is 1. The second kappa shape index (κ2) is 5.29. The minimum atomic E-state index is -3.21. The van der Waals surface area contributed by atoms with Crippen LogP contribution < -0.4 is 4.72 Å². The molecule has 0 bridgehead atoms. The molecule has 0 aliphatic carbocycles. The summed E-state index contributed by atoms with van der Waals surface area (Å²) in [6, 6.07) is 6.82. The maximum Gasteiger partial charge on any atom is 0.310 e. The van der Waals surface area contributed by atoms with Crippen molar-refractivity contribution in [3.05, 3.63) is 35.4 Å². The van der Waals surface area contributed by atoms with E-state index in [1.807, 2.05) is 0 Å². The van der Waals surface area contributed by atoms with Crippen molar-refractivity contribution in [1.82, 2.24) is 4.72 Å². The Kier molecular flexibility index (Phi) is 4.25. The molecule has 94 valence electrons. The highest BCUT2D eigenvalue weighted by Gasteiger charge is 2.12. The number of carbonyl (C=O) groups is 1. The number of sulfonamides is 1. The highest BCUT2D eigenvalue weighted by atomic mass is 32.2. The Morgan fingerprint density at radius 3 is 2.29 bits per heavy atom. The molecule has 0 amide bonds. The summed E-state index contributed by atoms with van der Waals surface area (Å²) in [5, 5.41) is 8.82. The smallest absolute Gasteiger partial charge is 0.310 e. The molecule has 0 aliphatic rings. The van der Waals surface area contributed by atoms with Gasteiger partial charge in [-0.1, -0.05) is 24.3 Å². The van der Waals surface area contributed by atoms with Gasteiger partial charge in [-0.2, -0.15) is 0 Å². The monoisotopic (exact) mass is 257 g/mol. The Bertz CT molecular complexity index is 493. The first kappa shape index (κ1) is 13.7. The Morgan fingerprint density at radius 1 is 1.35 bits per heavy atom. The number of benzene rings is 1. The van der Waals surface area contributed by atoms with Gasteiger partial charge >= 0.3 is 5.97 Å². The fraction of sp³-hybridized carbons (Fsp3) is 0.364. The second-order valence-corrected chi connectivity index (χ2v) is 5.73. The molecule has 5 nitrogen and oxygen atoms in total. The van der Waals surface area contributed by atoms with Gasteiger partial charge in [-0.05, 0) is 18.1 Å². The fourth-order valence-electron chi connectivity index (χ4n) is 1.28. The summed E-state index contributed by atoms with van der Waals surface area (Å²) < 4.78 is 24.1. The van der Waals surface area contributed by atoms with E-state index in [2.05, 4.69) is 4.72 Å². The van der Waals surface area contributed by atoms with Crippen molar-refractivity contribution >= 4 is 16.0 Å². The van der Waals surface area contributed by atoms with Crippen LogP contribution in [0.4, 0.5) is 0 Å². The van der Waals surface area contributed by atoms with E-state index in [9.17, 15) is 13.2 Å². The summed E-state index contributed by atoms with van der Waals surface area (Å²) in [5.74, 6) is -1.45. The number of hydrogen-bond donors (Lipinski definition) is 2. The Hall–Kier alpha value is -1.40. The lowest BCUT2D eigenvalue weighted by Crippen LogP contribution is -2.21. The third-order valence-electron chi connectivity index (χ3n) is 2.39. The van der Waals surface area contributed by atoms with Crippen LogP contribution in [0.1, 0.15) is 24.0 Å². The van der Waals surface area contributed by atoms with Crippen LogP contribution >= 0.6 is 0 Å². The van der Waals surface area contributed by atoms with E-state index in [1.165, 1.54) is 0 Å². The van der Waals surface area contributed by atoms with E-state index in [4.69, 9.17) is 5.11 Å². The van der Waals surface area contributed by atoms with Gasteiger partial charge < -0.3 is 5.11 Å². The van der Waals surface area contributed by atoms with Crippen LogP contribution in [-0.2, 0) is 21.4 Å². The summed E-state index contributed by atoms with van der Waals surface area (Å²) in [7, 11) is -3.21. The second-order valence-electron chi connectivity index (χ2n) is 3.89. The van der Waals surface area contributed by atoms with E-state index in [0.29, 0.717) is 5.56 Å². The van der Waals surface area contributed by atoms with Gasteiger partial charge in [-0.15, -0.1) is 0 Å². The number of rotatable bonds is 5. The summed E-state index contributed by atoms with van der Waals surface area (Å²) in [5.41, 5.74) is 1.48. The molecule has 0 heterocycles. The van der Waals surface area contributed by atoms with E-state index >= 15 is 0 Å². The van der Waals surface area contributed by atoms with E-state index in [-0.39, 0.29) is 6.54 Å². The molecule has 1 aromatic rings. The lowest BCUT2D eigenvalue weighted by molar-refractivity contribution is -0.138. The fourth-order valence-corrected chi connectivity index (χ4v) is 1.71. The number of carboxylic acid groups (broad SMARTS) is 1. The van der Waals surface area contributed by atoms with Crippen LogP contribution in [0.5, 0.6) is 0 Å². The SMILES string of the molecule is CC(C(=O)O)c1ccc(CNS(C)(=O)=O)cc1. The minimum Gasteiger partial charge on any atom is -0.481 e. The molecule has 0 saturated carbocycles. The largest absolute Gasteiger partial charge is 0.481 e. The van der Waals surface area contributed by atoms with Gasteiger partial charge in [0.15, 0.2) is 0 Å². The Balaban J connectivity index is 2.72. The molecule has 6 heteroatoms. The summed E-state index contributed by atoms with van der Waals surface area (Å²) >= 11 is 0. The van der Waals surface area contributed by atoms with E-state index in [1.54, 1.807) is 31.2 Å². The van der Waals surface area contributed by atoms with Crippen LogP contribution in [0.3, 0.4) is 0 Å². The first-order valence-electron chi connectivity index (χ1n) is 5.06. The summed E-state index contributed by atoms with van der Waals surface area (Å²) in [6.45, 7) is 1.81. The molecular formula is C11H15NO4S. The molecule has 1 aromatic carbocycles. The Morgan fingerprint density at radius 2 is 1.88 bits per heavy atom. The topological polar surface area (TPSA) is 83.5 Å². The standard InChI is InChI=1S/C11H15NO4S/c1-8(11(13)14)10-5-3-9(4-6-10)7-12-17(2,15)16/h3-6,8,12H,7H2,1-2H3,(H,13,14). The zero-order chi connectivity index (χ0) is 13.1. The van der Waals surface area contributed by atoms with E-state index < -0.39 is 21.9 Å². The van der Waals surface area contributed by atoms with Gasteiger partial charge in [0.1, 0.15) is 0 Å². The number of carboxylic acids is 1. The van der Waals surface area contributed by atoms with Gasteiger partial charge in [-0.3, -0.25) is 4.79 Å². The predicted molar refractivity (Wildman–Crippen MR) is 64.2 cm³/mol. The third kappa shape index (κ3) is 4.54. The van der Waals surface area contributed by atoms with Crippen LogP contribution in [0.25, 0.3) is 0 Å². The van der Waals surface area contributed by atoms with Crippen molar-refractivity contribution in [2.24, 2.45) is 0 Å². The zero-order valence-corrected chi connectivity index (χ0v) is 10.5. The average molecular weight is 257 g/mol. The lowest BCUT2D eigenvalue weighted by Gasteiger charge is -2.08. The molecule has 0 aromatic heterocycles. The van der Waals surface area contributed by atoms with Crippen molar-refractivity contribution < 1.29 is 18.3 Å². The minimum absolute atomic E-state index is 0.209. The molecule has 1 atom stereocenters. The van der Waals surface area contributed by atoms with Crippen LogP contribution in [0, 0.1) is 0 Å². The maximum absolute atomic E-state index is 10.9. The van der Waals surface area contributed by atoms with Crippen LogP contribution in [0.2, 0.25) is 0 Å². The average Bonchev–Trinajstić information content (AvgIpc) is 2.25. The first-order chi connectivity index (χ1) is 7.79. The molecule has 1 unspecified atom stereocenters. The number of hydrogen-bond acceptors (Lipinski definition) is 3. The van der Waals surface area contributed by atoms with Crippen molar-refractivity contribution in [2.45, 2.75) is 19.4 Å². The van der Waals surface area contributed by atoms with Crippen molar-refractivity contribution in [2.75, 3.05) is 6.26 Å². The normalized spacial score (nSPS) is 13.3. The molecule has 0 radical (unpaired) electrons. The lowest BCUT2D eigenvalue weighted by atomic mass is 10.0. The molecule has 0 saturated heterocycles. The molecule has 2 N–H and O–H groups in total. The van der Waals surface area contributed by atoms with Gasteiger partial charge in [-0.25, -0.2) is 13.1 Å². The molecule has 0 fully saturated rings. The Labute approximate surface area is 101 Å². The molecule has 17 heavy (non-hydrogen) atoms. The first-order valence-corrected chi connectivity index (χ1v) is 6.95. The summed E-state index contributed by atoms with van der Waals surface area (Å²) in [6.07, 6.45) is 1.09. The van der Waals surface area contributed by atoms with Crippen LogP contribution in [-0.4, -0.2) is 25.7 Å². The number of nitrogens with one attached hydrogen (secondary N) is 1. The predicted octanol–water partition coefficient (Wildman–Crippen LogP) is 0.924. The highest BCUT2D eigenvalue weighted by molar-refractivity contribution is 7.88. The quantitative estimate of drug-likeness (QED) is 0.821.